The zero-order chi connectivity index (χ0) is 24.9. The second-order valence-corrected chi connectivity index (χ2v) is 9.13. The molecule has 0 amide bonds. The largest absolute Gasteiger partial charge is 0.477 e. The van der Waals surface area contributed by atoms with Gasteiger partial charge in [-0.05, 0) is 30.9 Å². The van der Waals surface area contributed by atoms with Crippen LogP contribution in [0.5, 0.6) is 0 Å². The first-order valence-corrected chi connectivity index (χ1v) is 11.4. The molecule has 2 aliphatic rings. The van der Waals surface area contributed by atoms with E-state index in [1.165, 1.54) is 18.3 Å². The average Bonchev–Trinajstić information content (AvgIpc) is 3.56. The standard InChI is InChI=1S/C24H20ClFN4O5/c25-20-21-17(23(31)18(24(32)33)12-29(21)15-4-5-15)9-19(26)22(20)28-7-6-14(11-28)27-10-13-2-1-3-16(8-13)30(34)35/h1-3,8-10,12,14-15H,4-7,11H2,(H,32,33)/t14-/m0/s1. The molecule has 9 nitrogen and oxygen atoms in total. The molecule has 5 rings (SSSR count). The van der Waals surface area contributed by atoms with E-state index in [9.17, 15) is 24.8 Å². The number of nitro groups is 1. The van der Waals surface area contributed by atoms with Crippen molar-refractivity contribution in [3.05, 3.63) is 78.8 Å². The second kappa shape index (κ2) is 8.77. The van der Waals surface area contributed by atoms with Crippen LogP contribution >= 0.6 is 11.6 Å². The number of hydrogen-bond acceptors (Lipinski definition) is 6. The maximum absolute atomic E-state index is 15.3. The minimum atomic E-state index is -1.36. The predicted octanol–water partition coefficient (Wildman–Crippen LogP) is 4.43. The fourth-order valence-corrected chi connectivity index (χ4v) is 4.90. The minimum Gasteiger partial charge on any atom is -0.477 e. The predicted molar refractivity (Wildman–Crippen MR) is 130 cm³/mol. The number of non-ortho nitro benzene ring substituents is 1. The number of nitro benzene ring substituents is 1. The van der Waals surface area contributed by atoms with E-state index in [-0.39, 0.29) is 33.9 Å². The van der Waals surface area contributed by atoms with Gasteiger partial charge in [-0.25, -0.2) is 9.18 Å². The quantitative estimate of drug-likeness (QED) is 0.305. The molecule has 0 bridgehead atoms. The summed E-state index contributed by atoms with van der Waals surface area (Å²) in [5, 5.41) is 20.4. The number of aromatic nitrogens is 1. The molecule has 1 saturated heterocycles. The third kappa shape index (κ3) is 4.25. The summed E-state index contributed by atoms with van der Waals surface area (Å²) < 4.78 is 16.9. The Labute approximate surface area is 203 Å². The van der Waals surface area contributed by atoms with Crippen LogP contribution in [-0.2, 0) is 0 Å². The number of nitrogens with zero attached hydrogens (tertiary/aromatic N) is 4. The molecule has 1 aliphatic carbocycles. The van der Waals surface area contributed by atoms with Crippen molar-refractivity contribution >= 4 is 46.1 Å². The Balaban J connectivity index is 1.48. The first kappa shape index (κ1) is 23.0. The molecule has 3 aromatic rings. The van der Waals surface area contributed by atoms with E-state index in [4.69, 9.17) is 11.6 Å². The maximum Gasteiger partial charge on any atom is 0.341 e. The van der Waals surface area contributed by atoms with Crippen LogP contribution < -0.4 is 10.3 Å². The molecule has 180 valence electrons. The molecule has 2 fully saturated rings. The molecule has 1 atom stereocenters. The van der Waals surface area contributed by atoms with Crippen LogP contribution in [0, 0.1) is 15.9 Å². The smallest absolute Gasteiger partial charge is 0.341 e. The van der Waals surface area contributed by atoms with Crippen LogP contribution in [0.25, 0.3) is 10.9 Å². The number of aliphatic imine (C=N–C) groups is 1. The van der Waals surface area contributed by atoms with Gasteiger partial charge >= 0.3 is 5.97 Å². The Morgan fingerprint density at radius 1 is 1.29 bits per heavy atom. The Hall–Kier alpha value is -3.79. The molecule has 1 saturated carbocycles. The minimum absolute atomic E-state index is 0.0119. The molecule has 11 heteroatoms. The number of carboxylic acids is 1. The van der Waals surface area contributed by atoms with Gasteiger partial charge in [-0.2, -0.15) is 0 Å². The molecule has 1 aliphatic heterocycles. The Kier molecular flexibility index (Phi) is 5.76. The van der Waals surface area contributed by atoms with E-state index in [1.54, 1.807) is 27.8 Å². The van der Waals surface area contributed by atoms with Crippen LogP contribution in [0.3, 0.4) is 0 Å². The third-order valence-corrected chi connectivity index (χ3v) is 6.71. The molecule has 2 heterocycles. The van der Waals surface area contributed by atoms with E-state index in [1.807, 2.05) is 0 Å². The molecule has 35 heavy (non-hydrogen) atoms. The van der Waals surface area contributed by atoms with Gasteiger partial charge in [-0.15, -0.1) is 0 Å². The summed E-state index contributed by atoms with van der Waals surface area (Å²) >= 11 is 6.68. The number of carbonyl (C=O) groups is 1. The van der Waals surface area contributed by atoms with Crippen LogP contribution in [-0.4, -0.2) is 45.9 Å². The number of halogens is 2. The van der Waals surface area contributed by atoms with E-state index in [0.717, 1.165) is 18.9 Å². The third-order valence-electron chi connectivity index (χ3n) is 6.35. The molecule has 0 unspecified atom stereocenters. The summed E-state index contributed by atoms with van der Waals surface area (Å²) in [6, 6.07) is 7.03. The van der Waals surface area contributed by atoms with Crippen LogP contribution in [0.1, 0.15) is 41.2 Å². The topological polar surface area (TPSA) is 118 Å². The fraction of sp³-hybridized carbons (Fsp3) is 0.292. The zero-order valence-corrected chi connectivity index (χ0v) is 19.1. The Morgan fingerprint density at radius 2 is 2.06 bits per heavy atom. The van der Waals surface area contributed by atoms with Crippen molar-refractivity contribution in [2.45, 2.75) is 31.3 Å². The molecule has 1 aromatic heterocycles. The first-order chi connectivity index (χ1) is 16.7. The summed E-state index contributed by atoms with van der Waals surface area (Å²) in [5.74, 6) is -2.07. The van der Waals surface area contributed by atoms with Gasteiger partial charge in [0.25, 0.3) is 5.69 Å². The van der Waals surface area contributed by atoms with Gasteiger partial charge in [0, 0.05) is 43.7 Å². The molecular weight excluding hydrogens is 479 g/mol. The molecule has 0 radical (unpaired) electrons. The monoisotopic (exact) mass is 498 g/mol. The van der Waals surface area contributed by atoms with Crippen molar-refractivity contribution in [3.63, 3.8) is 0 Å². The van der Waals surface area contributed by atoms with Crippen molar-refractivity contribution in [3.8, 4) is 0 Å². The van der Waals surface area contributed by atoms with E-state index in [0.29, 0.717) is 30.6 Å². The lowest BCUT2D eigenvalue weighted by atomic mass is 10.1. The number of hydrogen-bond donors (Lipinski definition) is 1. The van der Waals surface area contributed by atoms with Crippen LogP contribution in [0.4, 0.5) is 15.8 Å². The SMILES string of the molecule is O=C(O)c1cn(C2CC2)c2c(Cl)c(N3CC[C@H](N=Cc4cccc([N+](=O)[O-])c4)C3)c(F)cc2c1=O. The van der Waals surface area contributed by atoms with Gasteiger partial charge in [-0.1, -0.05) is 23.7 Å². The molecular formula is C24H20ClFN4O5. The van der Waals surface area contributed by atoms with Crippen molar-refractivity contribution in [2.24, 2.45) is 4.99 Å². The highest BCUT2D eigenvalue weighted by Gasteiger charge is 2.32. The lowest BCUT2D eigenvalue weighted by Gasteiger charge is -2.23. The number of pyridine rings is 1. The highest BCUT2D eigenvalue weighted by molar-refractivity contribution is 6.38. The zero-order valence-electron chi connectivity index (χ0n) is 18.4. The van der Waals surface area contributed by atoms with Crippen LogP contribution in [0.2, 0.25) is 5.02 Å². The van der Waals surface area contributed by atoms with Crippen molar-refractivity contribution in [2.75, 3.05) is 18.0 Å². The lowest BCUT2D eigenvalue weighted by Crippen LogP contribution is -2.24. The van der Waals surface area contributed by atoms with E-state index < -0.39 is 27.7 Å². The van der Waals surface area contributed by atoms with Gasteiger partial charge in [-0.3, -0.25) is 19.9 Å². The van der Waals surface area contributed by atoms with Gasteiger partial charge in [0.15, 0.2) is 0 Å². The highest BCUT2D eigenvalue weighted by atomic mass is 35.5. The van der Waals surface area contributed by atoms with E-state index >= 15 is 4.39 Å². The van der Waals surface area contributed by atoms with Crippen molar-refractivity contribution in [1.82, 2.24) is 4.57 Å². The lowest BCUT2D eigenvalue weighted by molar-refractivity contribution is -0.384. The normalized spacial score (nSPS) is 18.0. The summed E-state index contributed by atoms with van der Waals surface area (Å²) in [5.41, 5.74) is -0.120. The number of aromatic carboxylic acids is 1. The Morgan fingerprint density at radius 3 is 2.74 bits per heavy atom. The summed E-state index contributed by atoms with van der Waals surface area (Å²) in [7, 11) is 0. The van der Waals surface area contributed by atoms with Crippen molar-refractivity contribution < 1.29 is 19.2 Å². The Bertz CT molecular complexity index is 1470. The number of benzene rings is 2. The second-order valence-electron chi connectivity index (χ2n) is 8.75. The summed E-state index contributed by atoms with van der Waals surface area (Å²) in [4.78, 5) is 41.1. The molecule has 1 N–H and O–H groups in total. The number of anilines is 1. The average molecular weight is 499 g/mol. The molecule has 0 spiro atoms. The molecule has 2 aromatic carbocycles. The summed E-state index contributed by atoms with van der Waals surface area (Å²) in [6.45, 7) is 0.842. The van der Waals surface area contributed by atoms with E-state index in [2.05, 4.69) is 4.99 Å². The number of carboxylic acid groups (broad SMARTS) is 1. The summed E-state index contributed by atoms with van der Waals surface area (Å²) in [6.07, 6.45) is 5.12. The highest BCUT2D eigenvalue weighted by Crippen LogP contribution is 2.42. The van der Waals surface area contributed by atoms with Gasteiger partial charge in [0.1, 0.15) is 11.4 Å². The van der Waals surface area contributed by atoms with Gasteiger partial charge in [0.2, 0.25) is 5.43 Å². The van der Waals surface area contributed by atoms with Gasteiger partial charge < -0.3 is 14.6 Å². The van der Waals surface area contributed by atoms with Gasteiger partial charge in [0.05, 0.1) is 32.6 Å². The fourth-order valence-electron chi connectivity index (χ4n) is 4.49. The van der Waals surface area contributed by atoms with Crippen molar-refractivity contribution in [1.29, 1.82) is 0 Å². The van der Waals surface area contributed by atoms with Crippen LogP contribution in [0.15, 0.2) is 46.3 Å². The number of rotatable bonds is 6. The number of fused-ring (bicyclic) bond motifs is 1. The maximum atomic E-state index is 15.3. The first-order valence-electron chi connectivity index (χ1n) is 11.1.